The minimum atomic E-state index is 0.643. The zero-order valence-electron chi connectivity index (χ0n) is 15.7. The van der Waals surface area contributed by atoms with Crippen molar-refractivity contribution in [2.24, 2.45) is 5.10 Å². The zero-order valence-corrected chi connectivity index (χ0v) is 15.7. The molecule has 0 unspecified atom stereocenters. The first-order valence-electron chi connectivity index (χ1n) is 8.88. The fraction of sp³-hybridized carbons (Fsp3) is 0.0870. The van der Waals surface area contributed by atoms with Crippen molar-refractivity contribution in [3.8, 4) is 22.8 Å². The van der Waals surface area contributed by atoms with Crippen molar-refractivity contribution in [1.29, 1.82) is 0 Å². The number of rotatable bonds is 5. The van der Waals surface area contributed by atoms with E-state index in [9.17, 15) is 0 Å². The number of ether oxygens (including phenoxy) is 2. The van der Waals surface area contributed by atoms with E-state index in [1.54, 1.807) is 14.2 Å². The fourth-order valence-electron chi connectivity index (χ4n) is 2.98. The summed E-state index contributed by atoms with van der Waals surface area (Å²) in [5.41, 5.74) is 5.66. The number of hydrogen-bond acceptors (Lipinski definition) is 5. The second-order valence-electron chi connectivity index (χ2n) is 6.15. The molecule has 0 spiro atoms. The lowest BCUT2D eigenvalue weighted by molar-refractivity contribution is 0.355. The third-order valence-electron chi connectivity index (χ3n) is 4.40. The highest BCUT2D eigenvalue weighted by Gasteiger charge is 2.10. The van der Waals surface area contributed by atoms with Crippen molar-refractivity contribution in [3.05, 3.63) is 84.2 Å². The molecule has 140 valence electrons. The summed E-state index contributed by atoms with van der Waals surface area (Å²) in [4.78, 5) is 0. The van der Waals surface area contributed by atoms with Crippen molar-refractivity contribution < 1.29 is 13.9 Å². The van der Waals surface area contributed by atoms with E-state index in [-0.39, 0.29) is 0 Å². The molecule has 0 aliphatic heterocycles. The molecule has 0 aliphatic carbocycles. The van der Waals surface area contributed by atoms with Gasteiger partial charge in [-0.2, -0.15) is 5.10 Å². The average molecular weight is 372 g/mol. The van der Waals surface area contributed by atoms with Crippen LogP contribution in [-0.2, 0) is 0 Å². The Morgan fingerprint density at radius 3 is 2.32 bits per heavy atom. The molecule has 5 heteroatoms. The molecule has 5 nitrogen and oxygen atoms in total. The van der Waals surface area contributed by atoms with Gasteiger partial charge in [-0.25, -0.2) is 0 Å². The Labute approximate surface area is 162 Å². The highest BCUT2D eigenvalue weighted by atomic mass is 16.5. The molecule has 28 heavy (non-hydrogen) atoms. The zero-order chi connectivity index (χ0) is 19.3. The molecule has 0 amide bonds. The van der Waals surface area contributed by atoms with Crippen LogP contribution in [0.25, 0.3) is 22.3 Å². The fourth-order valence-corrected chi connectivity index (χ4v) is 2.98. The van der Waals surface area contributed by atoms with E-state index in [1.807, 2.05) is 78.9 Å². The predicted octanol–water partition coefficient (Wildman–Crippen LogP) is 5.04. The lowest BCUT2D eigenvalue weighted by Crippen LogP contribution is -2.07. The van der Waals surface area contributed by atoms with Crippen LogP contribution in [-0.4, -0.2) is 14.2 Å². The molecule has 1 heterocycles. The smallest absolute Gasteiger partial charge is 0.161 e. The van der Waals surface area contributed by atoms with E-state index < -0.39 is 0 Å². The van der Waals surface area contributed by atoms with Crippen LogP contribution in [0.1, 0.15) is 0 Å². The number of anilines is 1. The SMILES string of the molecule is COc1ccc(-c2c/c(=N\Nc3ccccc3)c3ccccc3o2)cc1OC. The average Bonchev–Trinajstić information content (AvgIpc) is 2.77. The maximum atomic E-state index is 6.13. The van der Waals surface area contributed by atoms with Gasteiger partial charge in [0.25, 0.3) is 0 Å². The summed E-state index contributed by atoms with van der Waals surface area (Å²) in [5.74, 6) is 2.00. The molecule has 0 fully saturated rings. The van der Waals surface area contributed by atoms with Crippen molar-refractivity contribution in [2.45, 2.75) is 0 Å². The lowest BCUT2D eigenvalue weighted by atomic mass is 10.1. The number of fused-ring (bicyclic) bond motifs is 1. The van der Waals surface area contributed by atoms with Gasteiger partial charge in [0.05, 0.1) is 25.3 Å². The summed E-state index contributed by atoms with van der Waals surface area (Å²) >= 11 is 0. The maximum Gasteiger partial charge on any atom is 0.161 e. The Bertz CT molecular complexity index is 1170. The highest BCUT2D eigenvalue weighted by Crippen LogP contribution is 2.32. The second-order valence-corrected chi connectivity index (χ2v) is 6.15. The van der Waals surface area contributed by atoms with Crippen molar-refractivity contribution in [1.82, 2.24) is 0 Å². The number of hydrogen-bond donors (Lipinski definition) is 1. The van der Waals surface area contributed by atoms with Crippen molar-refractivity contribution >= 4 is 16.7 Å². The molecule has 0 radical (unpaired) electrons. The van der Waals surface area contributed by atoms with Crippen LogP contribution in [0.5, 0.6) is 11.5 Å². The minimum absolute atomic E-state index is 0.643. The summed E-state index contributed by atoms with van der Waals surface area (Å²) in [5, 5.41) is 6.31. The maximum absolute atomic E-state index is 6.13. The van der Waals surface area contributed by atoms with Crippen LogP contribution < -0.4 is 20.3 Å². The first-order valence-corrected chi connectivity index (χ1v) is 8.88. The topological polar surface area (TPSA) is 56.0 Å². The quantitative estimate of drug-likeness (QED) is 0.498. The van der Waals surface area contributed by atoms with Crippen LogP contribution >= 0.6 is 0 Å². The molecular formula is C23H20N2O3. The van der Waals surface area contributed by atoms with E-state index in [0.29, 0.717) is 17.3 Å². The van der Waals surface area contributed by atoms with Gasteiger partial charge in [0.15, 0.2) is 11.5 Å². The summed E-state index contributed by atoms with van der Waals surface area (Å²) in [6, 6.07) is 25.3. The van der Waals surface area contributed by atoms with Crippen molar-refractivity contribution in [2.75, 3.05) is 19.6 Å². The molecule has 0 bridgehead atoms. The van der Waals surface area contributed by atoms with Gasteiger partial charge in [0.2, 0.25) is 0 Å². The largest absolute Gasteiger partial charge is 0.493 e. The number of para-hydroxylation sites is 2. The molecule has 0 saturated carbocycles. The molecule has 1 aromatic heterocycles. The normalized spacial score (nSPS) is 11.4. The second kappa shape index (κ2) is 7.88. The van der Waals surface area contributed by atoms with E-state index in [0.717, 1.165) is 27.6 Å². The number of methoxy groups -OCH3 is 2. The van der Waals surface area contributed by atoms with Crippen LogP contribution in [0, 0.1) is 0 Å². The summed E-state index contributed by atoms with van der Waals surface area (Å²) in [7, 11) is 3.23. The third-order valence-corrected chi connectivity index (χ3v) is 4.40. The van der Waals surface area contributed by atoms with Gasteiger partial charge in [0, 0.05) is 17.0 Å². The van der Waals surface area contributed by atoms with Crippen LogP contribution in [0.3, 0.4) is 0 Å². The summed E-state index contributed by atoms with van der Waals surface area (Å²) in [6.45, 7) is 0. The Kier molecular flexibility index (Phi) is 4.97. The highest BCUT2D eigenvalue weighted by molar-refractivity contribution is 5.78. The van der Waals surface area contributed by atoms with Gasteiger partial charge in [-0.15, -0.1) is 0 Å². The van der Waals surface area contributed by atoms with Gasteiger partial charge in [0.1, 0.15) is 11.3 Å². The van der Waals surface area contributed by atoms with Gasteiger partial charge in [-0.05, 0) is 42.5 Å². The van der Waals surface area contributed by atoms with Gasteiger partial charge >= 0.3 is 0 Å². The predicted molar refractivity (Wildman–Crippen MR) is 110 cm³/mol. The summed E-state index contributed by atoms with van der Waals surface area (Å²) < 4.78 is 16.9. The molecule has 0 saturated heterocycles. The van der Waals surface area contributed by atoms with Gasteiger partial charge in [-0.1, -0.05) is 30.3 Å². The van der Waals surface area contributed by atoms with E-state index in [2.05, 4.69) is 10.5 Å². The third kappa shape index (κ3) is 3.55. The number of nitrogens with zero attached hydrogens (tertiary/aromatic N) is 1. The van der Waals surface area contributed by atoms with Gasteiger partial charge in [-0.3, -0.25) is 5.43 Å². The Morgan fingerprint density at radius 1 is 0.786 bits per heavy atom. The first-order chi connectivity index (χ1) is 13.8. The van der Waals surface area contributed by atoms with Gasteiger partial charge < -0.3 is 13.9 Å². The van der Waals surface area contributed by atoms with Crippen LogP contribution in [0.2, 0.25) is 0 Å². The number of nitrogens with one attached hydrogen (secondary N) is 1. The number of benzene rings is 3. The lowest BCUT2D eigenvalue weighted by Gasteiger charge is -2.10. The molecule has 4 aromatic rings. The van der Waals surface area contributed by atoms with E-state index >= 15 is 0 Å². The Balaban J connectivity index is 1.84. The molecular weight excluding hydrogens is 352 g/mol. The Hall–Kier alpha value is -3.73. The molecule has 0 aliphatic rings. The first kappa shape index (κ1) is 17.7. The van der Waals surface area contributed by atoms with Crippen LogP contribution in [0.15, 0.2) is 88.4 Å². The standard InChI is InChI=1S/C23H20N2O3/c1-26-21-13-12-16(14-23(21)27-2)22-15-19(18-10-6-7-11-20(18)28-22)25-24-17-8-4-3-5-9-17/h3-15,24H,1-2H3/b25-19+. The van der Waals surface area contributed by atoms with E-state index in [1.165, 1.54) is 0 Å². The van der Waals surface area contributed by atoms with Crippen LogP contribution in [0.4, 0.5) is 5.69 Å². The van der Waals surface area contributed by atoms with E-state index in [4.69, 9.17) is 13.9 Å². The molecule has 0 atom stereocenters. The molecule has 1 N–H and O–H groups in total. The monoisotopic (exact) mass is 372 g/mol. The Morgan fingerprint density at radius 2 is 1.54 bits per heavy atom. The summed E-state index contributed by atoms with van der Waals surface area (Å²) in [6.07, 6.45) is 0. The molecule has 3 aromatic carbocycles. The van der Waals surface area contributed by atoms with Crippen molar-refractivity contribution in [3.63, 3.8) is 0 Å². The minimum Gasteiger partial charge on any atom is -0.493 e. The molecule has 4 rings (SSSR count).